The highest BCUT2D eigenvalue weighted by Gasteiger charge is 2.40. The van der Waals surface area contributed by atoms with Crippen LogP contribution >= 0.6 is 0 Å². The molecule has 0 unspecified atom stereocenters. The molecule has 1 nitrogen and oxygen atoms in total. The second kappa shape index (κ2) is 4.82. The van der Waals surface area contributed by atoms with Crippen molar-refractivity contribution in [2.75, 3.05) is 0 Å². The molecule has 2 rings (SSSR count). The minimum Gasteiger partial charge on any atom is -0.379 e. The van der Waals surface area contributed by atoms with E-state index < -0.39 is 12.3 Å². The zero-order chi connectivity index (χ0) is 13.2. The van der Waals surface area contributed by atoms with Gasteiger partial charge in [-0.05, 0) is 16.7 Å². The minimum absolute atomic E-state index is 0.129. The molecule has 0 aromatic heterocycles. The molecule has 0 saturated heterocycles. The monoisotopic (exact) mass is 252 g/mol. The van der Waals surface area contributed by atoms with E-state index in [-0.39, 0.29) is 5.56 Å². The van der Waals surface area contributed by atoms with Crippen molar-refractivity contribution in [2.45, 2.75) is 12.3 Å². The summed E-state index contributed by atoms with van der Waals surface area (Å²) in [6, 6.07) is 14.7. The van der Waals surface area contributed by atoms with E-state index in [1.54, 1.807) is 42.5 Å². The molecular weight excluding hydrogens is 241 g/mol. The maximum atomic E-state index is 12.6. The van der Waals surface area contributed by atoms with Crippen molar-refractivity contribution in [1.82, 2.24) is 0 Å². The fraction of sp³-hybridized carbons (Fsp3) is 0.143. The van der Waals surface area contributed by atoms with Crippen molar-refractivity contribution in [2.24, 2.45) is 0 Å². The summed E-state index contributed by atoms with van der Waals surface area (Å²) in [6.07, 6.45) is -7.13. The molecule has 1 N–H and O–H groups in total. The number of aliphatic hydroxyl groups excluding tert-OH is 1. The molecule has 0 heterocycles. The van der Waals surface area contributed by atoms with E-state index in [9.17, 15) is 18.3 Å². The average Bonchev–Trinajstić information content (AvgIpc) is 2.38. The predicted molar refractivity (Wildman–Crippen MR) is 62.9 cm³/mol. The Morgan fingerprint density at radius 1 is 0.833 bits per heavy atom. The number of benzene rings is 2. The molecule has 1 atom stereocenters. The SMILES string of the molecule is O[C@H](c1ccccc1-c1ccccc1)C(F)(F)F. The van der Waals surface area contributed by atoms with E-state index in [1.165, 1.54) is 12.1 Å². The summed E-state index contributed by atoms with van der Waals surface area (Å²) >= 11 is 0. The Morgan fingerprint density at radius 3 is 2.00 bits per heavy atom. The fourth-order valence-corrected chi connectivity index (χ4v) is 1.79. The number of alkyl halides is 3. The second-order valence-electron chi connectivity index (χ2n) is 3.90. The van der Waals surface area contributed by atoms with Gasteiger partial charge < -0.3 is 5.11 Å². The lowest BCUT2D eigenvalue weighted by atomic mass is 9.96. The van der Waals surface area contributed by atoms with Crippen LogP contribution in [0.4, 0.5) is 13.2 Å². The number of hydrogen-bond acceptors (Lipinski definition) is 1. The van der Waals surface area contributed by atoms with Gasteiger partial charge in [-0.3, -0.25) is 0 Å². The van der Waals surface area contributed by atoms with Crippen molar-refractivity contribution >= 4 is 0 Å². The van der Waals surface area contributed by atoms with Gasteiger partial charge in [0.15, 0.2) is 6.10 Å². The van der Waals surface area contributed by atoms with Gasteiger partial charge in [0, 0.05) is 0 Å². The Kier molecular flexibility index (Phi) is 3.39. The van der Waals surface area contributed by atoms with Crippen molar-refractivity contribution in [3.05, 3.63) is 60.2 Å². The molecule has 0 radical (unpaired) electrons. The molecule has 18 heavy (non-hydrogen) atoms. The van der Waals surface area contributed by atoms with Gasteiger partial charge in [0.05, 0.1) is 0 Å². The third-order valence-corrected chi connectivity index (χ3v) is 2.65. The molecule has 94 valence electrons. The minimum atomic E-state index is -4.66. The highest BCUT2D eigenvalue weighted by atomic mass is 19.4. The maximum Gasteiger partial charge on any atom is 0.418 e. The first-order chi connectivity index (χ1) is 8.50. The number of rotatable bonds is 2. The van der Waals surface area contributed by atoms with Crippen LogP contribution in [0.25, 0.3) is 11.1 Å². The molecule has 0 aliphatic carbocycles. The maximum absolute atomic E-state index is 12.6. The van der Waals surface area contributed by atoms with E-state index >= 15 is 0 Å². The third kappa shape index (κ3) is 2.54. The molecule has 2 aromatic rings. The molecule has 0 aliphatic heterocycles. The van der Waals surface area contributed by atoms with Crippen LogP contribution in [0.5, 0.6) is 0 Å². The van der Waals surface area contributed by atoms with Crippen LogP contribution in [0.1, 0.15) is 11.7 Å². The largest absolute Gasteiger partial charge is 0.418 e. The first kappa shape index (κ1) is 12.6. The summed E-state index contributed by atoms with van der Waals surface area (Å²) in [5.41, 5.74) is 0.913. The first-order valence-electron chi connectivity index (χ1n) is 5.39. The van der Waals surface area contributed by atoms with Gasteiger partial charge in [0.2, 0.25) is 0 Å². The van der Waals surface area contributed by atoms with E-state index in [4.69, 9.17) is 0 Å². The fourth-order valence-electron chi connectivity index (χ4n) is 1.79. The zero-order valence-electron chi connectivity index (χ0n) is 9.35. The molecular formula is C14H11F3O. The van der Waals surface area contributed by atoms with Crippen LogP contribution in [-0.2, 0) is 0 Å². The summed E-state index contributed by atoms with van der Waals surface area (Å²) in [4.78, 5) is 0. The molecule has 0 fully saturated rings. The Balaban J connectivity index is 2.51. The molecule has 0 amide bonds. The number of hydrogen-bond donors (Lipinski definition) is 1. The van der Waals surface area contributed by atoms with Crippen LogP contribution in [0, 0.1) is 0 Å². The highest BCUT2D eigenvalue weighted by molar-refractivity contribution is 5.67. The summed E-state index contributed by atoms with van der Waals surface area (Å²) in [5.74, 6) is 0. The van der Waals surface area contributed by atoms with Gasteiger partial charge in [0.25, 0.3) is 0 Å². The predicted octanol–water partition coefficient (Wildman–Crippen LogP) is 3.95. The normalized spacial score (nSPS) is 13.3. The third-order valence-electron chi connectivity index (χ3n) is 2.65. The lowest BCUT2D eigenvalue weighted by Crippen LogP contribution is -2.20. The number of halogens is 3. The van der Waals surface area contributed by atoms with Gasteiger partial charge in [0.1, 0.15) is 0 Å². The Bertz CT molecular complexity index is 520. The van der Waals surface area contributed by atoms with Gasteiger partial charge in [-0.1, -0.05) is 54.6 Å². The lowest BCUT2D eigenvalue weighted by molar-refractivity contribution is -0.206. The number of aliphatic hydroxyl groups is 1. The van der Waals surface area contributed by atoms with E-state index in [1.807, 2.05) is 0 Å². The lowest BCUT2D eigenvalue weighted by Gasteiger charge is -2.18. The van der Waals surface area contributed by atoms with Gasteiger partial charge in [-0.2, -0.15) is 13.2 Å². The van der Waals surface area contributed by atoms with Crippen LogP contribution < -0.4 is 0 Å². The standard InChI is InChI=1S/C14H11F3O/c15-14(16,17)13(18)12-9-5-4-8-11(12)10-6-2-1-3-7-10/h1-9,13,18H/t13-/m1/s1. The van der Waals surface area contributed by atoms with E-state index in [0.29, 0.717) is 11.1 Å². The quantitative estimate of drug-likeness (QED) is 0.858. The first-order valence-corrected chi connectivity index (χ1v) is 5.39. The van der Waals surface area contributed by atoms with E-state index in [0.717, 1.165) is 0 Å². The summed E-state index contributed by atoms with van der Waals surface area (Å²) in [6.45, 7) is 0. The molecule has 4 heteroatoms. The van der Waals surface area contributed by atoms with Crippen LogP contribution in [-0.4, -0.2) is 11.3 Å². The molecule has 0 spiro atoms. The van der Waals surface area contributed by atoms with Crippen molar-refractivity contribution in [3.8, 4) is 11.1 Å². The summed E-state index contributed by atoms with van der Waals surface area (Å²) in [5, 5.41) is 9.37. The van der Waals surface area contributed by atoms with Gasteiger partial charge >= 0.3 is 6.18 Å². The molecule has 0 saturated carbocycles. The summed E-state index contributed by atoms with van der Waals surface area (Å²) in [7, 11) is 0. The van der Waals surface area contributed by atoms with Crippen LogP contribution in [0.2, 0.25) is 0 Å². The Morgan fingerprint density at radius 2 is 1.39 bits per heavy atom. The smallest absolute Gasteiger partial charge is 0.379 e. The van der Waals surface area contributed by atoms with Crippen LogP contribution in [0.3, 0.4) is 0 Å². The summed E-state index contributed by atoms with van der Waals surface area (Å²) < 4.78 is 37.7. The molecule has 0 bridgehead atoms. The topological polar surface area (TPSA) is 20.2 Å². The molecule has 2 aromatic carbocycles. The van der Waals surface area contributed by atoms with Crippen LogP contribution in [0.15, 0.2) is 54.6 Å². The Labute approximate surface area is 103 Å². The van der Waals surface area contributed by atoms with Gasteiger partial charge in [-0.25, -0.2) is 0 Å². The van der Waals surface area contributed by atoms with Crippen molar-refractivity contribution in [3.63, 3.8) is 0 Å². The van der Waals surface area contributed by atoms with Gasteiger partial charge in [-0.15, -0.1) is 0 Å². The zero-order valence-corrected chi connectivity index (χ0v) is 9.35. The van der Waals surface area contributed by atoms with Crippen molar-refractivity contribution in [1.29, 1.82) is 0 Å². The van der Waals surface area contributed by atoms with Crippen molar-refractivity contribution < 1.29 is 18.3 Å². The Hall–Kier alpha value is -1.81. The van der Waals surface area contributed by atoms with E-state index in [2.05, 4.69) is 0 Å². The average molecular weight is 252 g/mol. The highest BCUT2D eigenvalue weighted by Crippen LogP contribution is 2.37. The molecule has 0 aliphatic rings. The second-order valence-corrected chi connectivity index (χ2v) is 3.90.